The molecule has 0 radical (unpaired) electrons. The van der Waals surface area contributed by atoms with Crippen LogP contribution in [0.3, 0.4) is 0 Å². The van der Waals surface area contributed by atoms with Gasteiger partial charge in [0.15, 0.2) is 0 Å². The van der Waals surface area contributed by atoms with Gasteiger partial charge in [-0.25, -0.2) is 0 Å². The second-order valence-electron chi connectivity index (χ2n) is 14.8. The summed E-state index contributed by atoms with van der Waals surface area (Å²) in [5.74, 6) is 0. The summed E-state index contributed by atoms with van der Waals surface area (Å²) in [6.45, 7) is 0. The Bertz CT molecular complexity index is 2600. The fourth-order valence-electron chi connectivity index (χ4n) is 8.08. The maximum atomic E-state index is 2.25. The summed E-state index contributed by atoms with van der Waals surface area (Å²) in [6.07, 6.45) is 17.8. The van der Waals surface area contributed by atoms with Crippen LogP contribution in [0.15, 0.2) is 218 Å². The topological polar surface area (TPSA) is 0 Å². The number of hydrogen-bond donors (Lipinski definition) is 0. The van der Waals surface area contributed by atoms with Gasteiger partial charge in [0, 0.05) is 0 Å². The van der Waals surface area contributed by atoms with Crippen LogP contribution in [0.5, 0.6) is 0 Å². The first kappa shape index (κ1) is 37.8. The SMILES string of the molecule is C(=Cc1c2ccccc2c(C=Cc2ccccc2)c2ccccc12)c1ccccc1.C(=Cc1c2ccccc2c(C=Cc2ccccc2)c2ccccc12)c1ccccc1. The zero-order valence-electron chi connectivity index (χ0n) is 33.4. The quantitative estimate of drug-likeness (QED) is 0.107. The third-order valence-corrected chi connectivity index (χ3v) is 11.0. The van der Waals surface area contributed by atoms with Crippen LogP contribution in [-0.2, 0) is 0 Å². The number of hydrogen-bond acceptors (Lipinski definition) is 0. The Morgan fingerprint density at radius 2 is 0.300 bits per heavy atom. The van der Waals surface area contributed by atoms with Gasteiger partial charge in [-0.2, -0.15) is 0 Å². The summed E-state index contributed by atoms with van der Waals surface area (Å²) < 4.78 is 0. The molecule has 0 aliphatic heterocycles. The maximum Gasteiger partial charge on any atom is -0.00987 e. The molecule has 284 valence electrons. The Kier molecular flexibility index (Phi) is 11.5. The smallest absolute Gasteiger partial charge is 0.00987 e. The van der Waals surface area contributed by atoms with E-state index in [1.165, 1.54) is 87.6 Å². The van der Waals surface area contributed by atoms with Gasteiger partial charge in [-0.1, -0.05) is 267 Å². The maximum absolute atomic E-state index is 2.25. The molecule has 0 N–H and O–H groups in total. The normalized spacial score (nSPS) is 11.7. The second kappa shape index (κ2) is 18.2. The summed E-state index contributed by atoms with van der Waals surface area (Å²) in [7, 11) is 0. The van der Waals surface area contributed by atoms with Crippen molar-refractivity contribution in [1.82, 2.24) is 0 Å². The molecular weight excluding hydrogens is 721 g/mol. The van der Waals surface area contributed by atoms with Crippen LogP contribution < -0.4 is 0 Å². The molecule has 60 heavy (non-hydrogen) atoms. The molecule has 10 aromatic rings. The lowest BCUT2D eigenvalue weighted by Gasteiger charge is -2.13. The summed E-state index contributed by atoms with van der Waals surface area (Å²) in [6, 6.07) is 76.8. The third kappa shape index (κ3) is 8.41. The summed E-state index contributed by atoms with van der Waals surface area (Å²) in [5, 5.41) is 10.2. The Hall–Kier alpha value is -7.80. The van der Waals surface area contributed by atoms with Gasteiger partial charge in [0.2, 0.25) is 0 Å². The van der Waals surface area contributed by atoms with Crippen molar-refractivity contribution in [3.05, 3.63) is 263 Å². The predicted molar refractivity (Wildman–Crippen MR) is 264 cm³/mol. The standard InChI is InChI=1S/2C30H22/c2*1-3-11-23(12-4-1)19-21-29-25-15-7-9-17-27(25)30(28-18-10-8-16-26(28)29)22-20-24-13-5-2-6-14-24/h2*1-22H. The average Bonchev–Trinajstić information content (AvgIpc) is 3.32. The van der Waals surface area contributed by atoms with Crippen LogP contribution in [0.1, 0.15) is 44.5 Å². The van der Waals surface area contributed by atoms with Crippen molar-refractivity contribution in [2.75, 3.05) is 0 Å². The van der Waals surface area contributed by atoms with E-state index in [0.29, 0.717) is 0 Å². The Balaban J connectivity index is 0.000000154. The first-order chi connectivity index (χ1) is 29.8. The van der Waals surface area contributed by atoms with E-state index < -0.39 is 0 Å². The molecule has 0 aliphatic carbocycles. The van der Waals surface area contributed by atoms with Crippen molar-refractivity contribution in [1.29, 1.82) is 0 Å². The zero-order chi connectivity index (χ0) is 40.4. The molecule has 0 heteroatoms. The van der Waals surface area contributed by atoms with Crippen LogP contribution in [0.2, 0.25) is 0 Å². The number of benzene rings is 10. The fraction of sp³-hybridized carbons (Fsp3) is 0. The summed E-state index contributed by atoms with van der Waals surface area (Å²) in [4.78, 5) is 0. The Labute approximate surface area is 353 Å². The zero-order valence-corrected chi connectivity index (χ0v) is 33.4. The summed E-state index contributed by atoms with van der Waals surface area (Å²) >= 11 is 0. The largest absolute Gasteiger partial charge is 0.0622 e. The van der Waals surface area contributed by atoms with Gasteiger partial charge in [-0.3, -0.25) is 0 Å². The first-order valence-electron chi connectivity index (χ1n) is 20.6. The fourth-order valence-corrected chi connectivity index (χ4v) is 8.08. The monoisotopic (exact) mass is 764 g/mol. The van der Waals surface area contributed by atoms with Crippen LogP contribution in [0, 0.1) is 0 Å². The Morgan fingerprint density at radius 1 is 0.150 bits per heavy atom. The first-order valence-corrected chi connectivity index (χ1v) is 20.6. The van der Waals surface area contributed by atoms with Gasteiger partial charge in [-0.05, 0) is 87.6 Å². The van der Waals surface area contributed by atoms with E-state index in [4.69, 9.17) is 0 Å². The number of fused-ring (bicyclic) bond motifs is 4. The van der Waals surface area contributed by atoms with Crippen LogP contribution >= 0.6 is 0 Å². The molecule has 0 saturated carbocycles. The van der Waals surface area contributed by atoms with E-state index in [-0.39, 0.29) is 0 Å². The molecule has 0 heterocycles. The van der Waals surface area contributed by atoms with Gasteiger partial charge in [0.05, 0.1) is 0 Å². The molecule has 10 rings (SSSR count). The van der Waals surface area contributed by atoms with Crippen molar-refractivity contribution < 1.29 is 0 Å². The van der Waals surface area contributed by atoms with Crippen molar-refractivity contribution >= 4 is 91.7 Å². The highest BCUT2D eigenvalue weighted by Gasteiger charge is 2.12. The molecule has 0 aromatic heterocycles. The lowest BCUT2D eigenvalue weighted by molar-refractivity contribution is 1.66. The van der Waals surface area contributed by atoms with E-state index in [0.717, 1.165) is 0 Å². The van der Waals surface area contributed by atoms with E-state index in [1.54, 1.807) is 0 Å². The summed E-state index contributed by atoms with van der Waals surface area (Å²) in [5.41, 5.74) is 9.89. The average molecular weight is 765 g/mol. The van der Waals surface area contributed by atoms with E-state index in [9.17, 15) is 0 Å². The molecule has 0 amide bonds. The van der Waals surface area contributed by atoms with Gasteiger partial charge in [0.25, 0.3) is 0 Å². The lowest BCUT2D eigenvalue weighted by atomic mass is 9.91. The van der Waals surface area contributed by atoms with Gasteiger partial charge in [0.1, 0.15) is 0 Å². The van der Waals surface area contributed by atoms with E-state index in [2.05, 4.69) is 267 Å². The minimum atomic E-state index is 1.21. The molecule has 0 atom stereocenters. The van der Waals surface area contributed by atoms with Gasteiger partial charge >= 0.3 is 0 Å². The van der Waals surface area contributed by atoms with Crippen LogP contribution in [-0.4, -0.2) is 0 Å². The highest BCUT2D eigenvalue weighted by atomic mass is 14.2. The molecule has 0 saturated heterocycles. The van der Waals surface area contributed by atoms with Gasteiger partial charge in [-0.15, -0.1) is 0 Å². The molecule has 10 aromatic carbocycles. The minimum Gasteiger partial charge on any atom is -0.0622 e. The van der Waals surface area contributed by atoms with Crippen LogP contribution in [0.25, 0.3) is 91.7 Å². The predicted octanol–water partition coefficient (Wildman–Crippen LogP) is 16.7. The highest BCUT2D eigenvalue weighted by molar-refractivity contribution is 6.15. The molecular formula is C60H44. The van der Waals surface area contributed by atoms with E-state index >= 15 is 0 Å². The van der Waals surface area contributed by atoms with Crippen molar-refractivity contribution in [2.45, 2.75) is 0 Å². The second-order valence-corrected chi connectivity index (χ2v) is 14.8. The van der Waals surface area contributed by atoms with E-state index in [1.807, 2.05) is 0 Å². The third-order valence-electron chi connectivity index (χ3n) is 11.0. The minimum absolute atomic E-state index is 1.21. The van der Waals surface area contributed by atoms with Crippen molar-refractivity contribution in [3.8, 4) is 0 Å². The molecule has 0 fully saturated rings. The molecule has 0 spiro atoms. The molecule has 0 unspecified atom stereocenters. The molecule has 0 bridgehead atoms. The van der Waals surface area contributed by atoms with Crippen LogP contribution in [0.4, 0.5) is 0 Å². The van der Waals surface area contributed by atoms with Gasteiger partial charge < -0.3 is 0 Å². The Morgan fingerprint density at radius 3 is 0.467 bits per heavy atom. The molecule has 0 aliphatic rings. The number of rotatable bonds is 8. The molecule has 0 nitrogen and oxygen atoms in total. The van der Waals surface area contributed by atoms with Crippen molar-refractivity contribution in [2.24, 2.45) is 0 Å². The highest BCUT2D eigenvalue weighted by Crippen LogP contribution is 2.37. The lowest BCUT2D eigenvalue weighted by Crippen LogP contribution is -1.88. The van der Waals surface area contributed by atoms with Crippen molar-refractivity contribution in [3.63, 3.8) is 0 Å².